The Balaban J connectivity index is 0.0000292. The van der Waals surface area contributed by atoms with E-state index in [1.807, 2.05) is 0 Å². The zero-order chi connectivity index (χ0) is 38.8. The molecule has 1 rings (SSSR count). The average molecular weight is 792 g/mol. The Hall–Kier alpha value is -0.500. The van der Waals surface area contributed by atoms with Crippen LogP contribution in [0.1, 0.15) is 303 Å². The summed E-state index contributed by atoms with van der Waals surface area (Å²) in [7, 11) is 2.17. The topological polar surface area (TPSA) is 8.81 Å². The van der Waals surface area contributed by atoms with Gasteiger partial charge in [0.1, 0.15) is 18.4 Å². The van der Waals surface area contributed by atoms with Crippen molar-refractivity contribution in [2.24, 2.45) is 13.0 Å². The van der Waals surface area contributed by atoms with Crippen molar-refractivity contribution in [3.05, 3.63) is 18.7 Å². The number of unbranched alkanes of at least 4 members (excludes halogenated alkanes) is 34. The molecule has 1 aromatic heterocycles. The van der Waals surface area contributed by atoms with E-state index in [-0.39, 0.29) is 12.4 Å². The number of rotatable bonds is 45. The monoisotopic (exact) mass is 791 g/mol. The molecule has 0 bridgehead atoms. The number of nitrogens with zero attached hydrogens (tertiary/aromatic N) is 2. The van der Waals surface area contributed by atoms with Gasteiger partial charge in [-0.05, 0) is 31.6 Å². The number of hydrogen-bond donors (Lipinski definition) is 0. The van der Waals surface area contributed by atoms with Gasteiger partial charge >= 0.3 is 0 Å². The first-order valence-corrected chi connectivity index (χ1v) is 25.7. The van der Waals surface area contributed by atoms with Crippen LogP contribution < -0.4 is 17.0 Å². The summed E-state index contributed by atoms with van der Waals surface area (Å²) >= 11 is 0. The highest BCUT2D eigenvalue weighted by Gasteiger charge is 2.17. The third-order valence-corrected chi connectivity index (χ3v) is 12.9. The minimum absolute atomic E-state index is 0. The zero-order valence-electron chi connectivity index (χ0n) is 38.6. The van der Waals surface area contributed by atoms with Crippen molar-refractivity contribution in [2.75, 3.05) is 0 Å². The molecule has 0 amide bonds. The van der Waals surface area contributed by atoms with Crippen LogP contribution in [0.15, 0.2) is 18.7 Å². The smallest absolute Gasteiger partial charge is 0.243 e. The van der Waals surface area contributed by atoms with Crippen molar-refractivity contribution >= 4 is 0 Å². The van der Waals surface area contributed by atoms with E-state index in [9.17, 15) is 0 Å². The number of halogens is 1. The summed E-state index contributed by atoms with van der Waals surface area (Å²) in [6, 6.07) is 0.696. The van der Waals surface area contributed by atoms with Crippen LogP contribution in [0.2, 0.25) is 0 Å². The summed E-state index contributed by atoms with van der Waals surface area (Å²) in [5, 5.41) is 0. The molecule has 3 heteroatoms. The Kier molecular flexibility index (Phi) is 44.2. The average Bonchev–Trinajstić information content (AvgIpc) is 3.62. The van der Waals surface area contributed by atoms with E-state index in [2.05, 4.69) is 55.7 Å². The van der Waals surface area contributed by atoms with E-state index in [0.717, 1.165) is 5.92 Å². The second kappa shape index (κ2) is 44.6. The fraction of sp³-hybridized carbons (Fsp3) is 0.942. The third kappa shape index (κ3) is 37.5. The molecular weight excluding hydrogens is 688 g/mol. The third-order valence-electron chi connectivity index (χ3n) is 12.9. The summed E-state index contributed by atoms with van der Waals surface area (Å²) in [5.41, 5.74) is 0. The van der Waals surface area contributed by atoms with Crippen LogP contribution in [0, 0.1) is 5.92 Å². The second-order valence-corrected chi connectivity index (χ2v) is 18.4. The molecule has 0 spiro atoms. The molecule has 0 aliphatic carbocycles. The molecule has 1 atom stereocenters. The van der Waals surface area contributed by atoms with E-state index in [1.165, 1.54) is 276 Å². The number of aromatic nitrogens is 2. The summed E-state index contributed by atoms with van der Waals surface area (Å²) in [5.74, 6) is 0.982. The van der Waals surface area contributed by atoms with Gasteiger partial charge in [-0.3, -0.25) is 0 Å². The van der Waals surface area contributed by atoms with E-state index in [1.54, 1.807) is 0 Å². The summed E-state index contributed by atoms with van der Waals surface area (Å²) in [4.78, 5) is 0. The van der Waals surface area contributed by atoms with Gasteiger partial charge in [0.2, 0.25) is 6.33 Å². The lowest BCUT2D eigenvalue weighted by Gasteiger charge is -2.18. The molecule has 0 N–H and O–H groups in total. The molecule has 1 unspecified atom stereocenters. The maximum Gasteiger partial charge on any atom is 0.243 e. The second-order valence-electron chi connectivity index (χ2n) is 18.4. The van der Waals surface area contributed by atoms with Crippen LogP contribution >= 0.6 is 0 Å². The van der Waals surface area contributed by atoms with Gasteiger partial charge in [-0.1, -0.05) is 271 Å². The predicted molar refractivity (Wildman–Crippen MR) is 244 cm³/mol. The van der Waals surface area contributed by atoms with Crippen LogP contribution in [0.25, 0.3) is 0 Å². The lowest BCUT2D eigenvalue weighted by atomic mass is 9.89. The van der Waals surface area contributed by atoms with Crippen molar-refractivity contribution < 1.29 is 17.0 Å². The Morgan fingerprint density at radius 3 is 0.873 bits per heavy atom. The van der Waals surface area contributed by atoms with Gasteiger partial charge in [-0.25, -0.2) is 9.13 Å². The first kappa shape index (κ1) is 54.5. The molecule has 0 saturated carbocycles. The largest absolute Gasteiger partial charge is 1.00 e. The molecule has 0 aliphatic rings. The Bertz CT molecular complexity index is 799. The quantitative estimate of drug-likeness (QED) is 0.0460. The van der Waals surface area contributed by atoms with Crippen molar-refractivity contribution in [1.29, 1.82) is 0 Å². The molecule has 1 aromatic rings. The van der Waals surface area contributed by atoms with Gasteiger partial charge < -0.3 is 12.4 Å². The van der Waals surface area contributed by atoms with Crippen LogP contribution in [0.3, 0.4) is 0 Å². The molecule has 0 fully saturated rings. The van der Waals surface area contributed by atoms with Crippen molar-refractivity contribution in [2.45, 2.75) is 303 Å². The van der Waals surface area contributed by atoms with Crippen LogP contribution in [0.4, 0.5) is 0 Å². The normalized spacial score (nSPS) is 12.2. The maximum absolute atomic E-state index is 2.52. The van der Waals surface area contributed by atoms with Gasteiger partial charge in [0.05, 0.1) is 7.05 Å². The molecule has 55 heavy (non-hydrogen) atoms. The predicted octanol–water partition coefficient (Wildman–Crippen LogP) is 15.3. The van der Waals surface area contributed by atoms with Gasteiger partial charge in [0.15, 0.2) is 0 Å². The van der Waals surface area contributed by atoms with E-state index in [4.69, 9.17) is 0 Å². The van der Waals surface area contributed by atoms with Crippen molar-refractivity contribution in [3.8, 4) is 0 Å². The van der Waals surface area contributed by atoms with Gasteiger partial charge in [-0.15, -0.1) is 0 Å². The first-order chi connectivity index (χ1) is 26.7. The lowest BCUT2D eigenvalue weighted by Crippen LogP contribution is -3.00. The molecule has 0 radical (unpaired) electrons. The van der Waals surface area contributed by atoms with E-state index in [0.29, 0.717) is 6.04 Å². The van der Waals surface area contributed by atoms with E-state index >= 15 is 0 Å². The van der Waals surface area contributed by atoms with Crippen LogP contribution in [0.5, 0.6) is 0 Å². The minimum Gasteiger partial charge on any atom is -1.00 e. The molecule has 2 nitrogen and oxygen atoms in total. The highest BCUT2D eigenvalue weighted by Crippen LogP contribution is 2.26. The number of aryl methyl sites for hydroxylation is 1. The number of imidazole rings is 1. The maximum atomic E-state index is 2.52. The molecule has 0 saturated heterocycles. The van der Waals surface area contributed by atoms with Crippen LogP contribution in [-0.2, 0) is 7.05 Å². The van der Waals surface area contributed by atoms with Crippen molar-refractivity contribution in [3.63, 3.8) is 0 Å². The molecule has 328 valence electrons. The lowest BCUT2D eigenvalue weighted by molar-refractivity contribution is -0.724. The standard InChI is InChI=1S/C52H103N2.ClH/c1-5-8-11-14-16-18-20-22-24-26-28-30-32-34-36-38-43-51(44-39-37-35-33-31-29-27-25-23-21-19-17-15-12-9-6-2)45-41-42-47-52(46-40-13-10-7-3)54-49-48-53(4)50-54;/h48-52H,5-47H2,1-4H3;1H/q+1;/p-1. The summed E-state index contributed by atoms with van der Waals surface area (Å²) < 4.78 is 4.75. The van der Waals surface area contributed by atoms with E-state index < -0.39 is 0 Å². The van der Waals surface area contributed by atoms with Crippen LogP contribution in [-0.4, -0.2) is 4.57 Å². The molecule has 1 heterocycles. The van der Waals surface area contributed by atoms with Gasteiger partial charge in [-0.2, -0.15) is 0 Å². The molecule has 0 aromatic carbocycles. The number of hydrogen-bond acceptors (Lipinski definition) is 0. The zero-order valence-corrected chi connectivity index (χ0v) is 39.3. The summed E-state index contributed by atoms with van der Waals surface area (Å²) in [6.45, 7) is 6.97. The Morgan fingerprint density at radius 2 is 0.582 bits per heavy atom. The highest BCUT2D eigenvalue weighted by molar-refractivity contribution is 4.67. The summed E-state index contributed by atoms with van der Waals surface area (Å²) in [6.07, 6.45) is 69.6. The van der Waals surface area contributed by atoms with Crippen molar-refractivity contribution in [1.82, 2.24) is 4.57 Å². The molecular formula is C52H103ClN2. The Morgan fingerprint density at radius 1 is 0.345 bits per heavy atom. The SMILES string of the molecule is CCCCCCCCCCCCCCCCCCC(CCCCCCCCCCCCCCCCCC)CCCCC(CCCCCC)[n+]1ccn(C)c1.[Cl-]. The minimum atomic E-state index is 0. The Labute approximate surface area is 354 Å². The van der Waals surface area contributed by atoms with Gasteiger partial charge in [0.25, 0.3) is 0 Å². The highest BCUT2D eigenvalue weighted by atomic mass is 35.5. The fourth-order valence-corrected chi connectivity index (χ4v) is 9.14. The van der Waals surface area contributed by atoms with Gasteiger partial charge in [0, 0.05) is 0 Å². The molecule has 0 aliphatic heterocycles. The first-order valence-electron chi connectivity index (χ1n) is 25.7. The fourth-order valence-electron chi connectivity index (χ4n) is 9.14.